The molecule has 31 heteroatoms. The number of carboxylic acid groups (broad SMARTS) is 1. The summed E-state index contributed by atoms with van der Waals surface area (Å²) in [5.41, 5.74) is 0.491. The van der Waals surface area contributed by atoms with Crippen LogP contribution in [0.2, 0.25) is 0 Å². The van der Waals surface area contributed by atoms with E-state index in [1.807, 2.05) is 0 Å². The van der Waals surface area contributed by atoms with Crippen LogP contribution in [0.15, 0.2) is 78.6 Å². The van der Waals surface area contributed by atoms with Crippen LogP contribution < -0.4 is 18.9 Å². The van der Waals surface area contributed by atoms with E-state index in [1.165, 1.54) is 76.0 Å². The Kier molecular flexibility index (Phi) is 21.1. The van der Waals surface area contributed by atoms with Crippen molar-refractivity contribution in [2.24, 2.45) is 0 Å². The largest absolute Gasteiger partial charge is 0.571 e. The molecule has 4 heterocycles. The minimum atomic E-state index is -2.23. The van der Waals surface area contributed by atoms with Crippen molar-refractivity contribution < 1.29 is 152 Å². The predicted molar refractivity (Wildman–Crippen MR) is 290 cm³/mol. The Labute approximate surface area is 497 Å². The van der Waals surface area contributed by atoms with Gasteiger partial charge in [-0.2, -0.15) is 0 Å². The fourth-order valence-electron chi connectivity index (χ4n) is 9.43. The van der Waals surface area contributed by atoms with E-state index in [4.69, 9.17) is 66.7 Å². The van der Waals surface area contributed by atoms with Crippen molar-refractivity contribution in [3.05, 3.63) is 101 Å². The zero-order valence-corrected chi connectivity index (χ0v) is 46.5. The summed E-state index contributed by atoms with van der Waals surface area (Å²) in [7, 11) is 3.83. The van der Waals surface area contributed by atoms with Crippen molar-refractivity contribution in [1.29, 1.82) is 0 Å². The monoisotopic (exact) mass is 1240 g/mol. The number of fused-ring (bicyclic) bond motifs is 1. The Morgan fingerprint density at radius 1 is 0.568 bits per heavy atom. The first-order chi connectivity index (χ1) is 41.9. The normalized spacial score (nSPS) is 28.6. The number of aliphatic carboxylic acids is 1. The first-order valence-corrected chi connectivity index (χ1v) is 26.5. The van der Waals surface area contributed by atoms with Gasteiger partial charge >= 0.3 is 23.9 Å². The van der Waals surface area contributed by atoms with E-state index in [-0.39, 0.29) is 56.9 Å². The van der Waals surface area contributed by atoms with Crippen molar-refractivity contribution in [2.75, 3.05) is 41.2 Å². The van der Waals surface area contributed by atoms with Crippen LogP contribution in [0.4, 0.5) is 0 Å². The predicted octanol–water partition coefficient (Wildman–Crippen LogP) is -1.05. The van der Waals surface area contributed by atoms with Crippen molar-refractivity contribution >= 4 is 42.1 Å². The lowest BCUT2D eigenvalue weighted by molar-refractivity contribution is -0.364. The third-order valence-corrected chi connectivity index (χ3v) is 14.0. The van der Waals surface area contributed by atoms with Crippen LogP contribution in [0.3, 0.4) is 0 Å². The van der Waals surface area contributed by atoms with E-state index >= 15 is 0 Å². The molecule has 476 valence electrons. The number of benzene rings is 4. The topological polar surface area (TPSA) is 475 Å². The molecule has 0 amide bonds. The molecular formula is C57H63O31+. The molecule has 4 aliphatic heterocycles. The molecule has 3 saturated heterocycles. The number of hydrogen-bond acceptors (Lipinski definition) is 29. The zero-order chi connectivity index (χ0) is 63.8. The summed E-state index contributed by atoms with van der Waals surface area (Å²) in [6.07, 6.45) is -27.1. The van der Waals surface area contributed by atoms with Crippen molar-refractivity contribution in [2.45, 2.75) is 105 Å². The minimum Gasteiger partial charge on any atom is -0.571 e. The molecule has 4 aromatic rings. The molecule has 0 bridgehead atoms. The fraction of sp³-hybridized carbons (Fsp3) is 0.404. The van der Waals surface area contributed by atoms with Gasteiger partial charge in [0.2, 0.25) is 18.3 Å². The lowest BCUT2D eigenvalue weighted by atomic mass is 9.96. The zero-order valence-electron chi connectivity index (χ0n) is 46.5. The second kappa shape index (κ2) is 28.4. The molecular weight excluding hydrogens is 1180 g/mol. The highest BCUT2D eigenvalue weighted by Crippen LogP contribution is 2.48. The molecule has 16 atom stereocenters. The van der Waals surface area contributed by atoms with Gasteiger partial charge in [-0.15, -0.1) is 0 Å². The average molecular weight is 1240 g/mol. The maximum Gasteiger partial charge on any atom is 0.331 e. The number of aliphatic hydroxyl groups is 9. The van der Waals surface area contributed by atoms with Gasteiger partial charge in [-0.3, -0.25) is 9.59 Å². The molecule has 15 N–H and O–H groups in total. The Hall–Kier alpha value is -8.70. The molecule has 0 aliphatic carbocycles. The number of phenolic OH excluding ortho intramolecular Hbond substituents is 5. The fourth-order valence-corrected chi connectivity index (χ4v) is 9.43. The summed E-state index contributed by atoms with van der Waals surface area (Å²) in [6.45, 7) is -2.69. The van der Waals surface area contributed by atoms with Gasteiger partial charge < -0.3 is 133 Å². The van der Waals surface area contributed by atoms with Gasteiger partial charge in [0.25, 0.3) is 11.9 Å². The summed E-state index contributed by atoms with van der Waals surface area (Å²) in [5.74, 6) is -8.33. The molecule has 0 spiro atoms. The van der Waals surface area contributed by atoms with E-state index < -0.39 is 171 Å². The van der Waals surface area contributed by atoms with Crippen molar-refractivity contribution in [3.8, 4) is 57.5 Å². The summed E-state index contributed by atoms with van der Waals surface area (Å²) in [6, 6.07) is 12.3. The van der Waals surface area contributed by atoms with Gasteiger partial charge in [-0.05, 0) is 65.7 Å². The quantitative estimate of drug-likeness (QED) is 0.0111. The third-order valence-electron chi connectivity index (χ3n) is 14.0. The number of carboxylic acids is 1. The third kappa shape index (κ3) is 15.0. The summed E-state index contributed by atoms with van der Waals surface area (Å²) >= 11 is 0. The smallest absolute Gasteiger partial charge is 0.331 e. The number of esters is 3. The summed E-state index contributed by atoms with van der Waals surface area (Å²) < 4.78 is 72.6. The van der Waals surface area contributed by atoms with Gasteiger partial charge in [0.15, 0.2) is 58.8 Å². The van der Waals surface area contributed by atoms with Crippen LogP contribution in [0.1, 0.15) is 34.8 Å². The average Bonchev–Trinajstić information content (AvgIpc) is 0.872. The highest BCUT2D eigenvalue weighted by atomic mass is 16.8. The highest BCUT2D eigenvalue weighted by Gasteiger charge is 2.54. The lowest BCUT2D eigenvalue weighted by Gasteiger charge is -2.46. The maximum absolute atomic E-state index is 13.6. The second-order valence-electron chi connectivity index (χ2n) is 19.9. The molecule has 3 fully saturated rings. The number of carbonyl (C=O) groups is 4. The van der Waals surface area contributed by atoms with E-state index in [0.29, 0.717) is 5.56 Å². The van der Waals surface area contributed by atoms with Crippen molar-refractivity contribution in [3.63, 3.8) is 0 Å². The van der Waals surface area contributed by atoms with E-state index in [2.05, 4.69) is 0 Å². The molecule has 16 unspecified atom stereocenters. The van der Waals surface area contributed by atoms with Crippen LogP contribution >= 0.6 is 0 Å². The highest BCUT2D eigenvalue weighted by molar-refractivity contribution is 5.90. The van der Waals surface area contributed by atoms with Gasteiger partial charge in [0.1, 0.15) is 97.7 Å². The number of aromatic hydroxyl groups is 6. The summed E-state index contributed by atoms with van der Waals surface area (Å²) in [4.78, 5) is 49.9. The Morgan fingerprint density at radius 3 is 1.82 bits per heavy atom. The molecule has 4 aromatic carbocycles. The number of carbonyl (C=O) groups excluding carboxylic acids is 3. The van der Waals surface area contributed by atoms with E-state index in [0.717, 1.165) is 36.4 Å². The maximum atomic E-state index is 13.6. The van der Waals surface area contributed by atoms with Crippen LogP contribution in [0.25, 0.3) is 18.2 Å². The van der Waals surface area contributed by atoms with E-state index in [1.54, 1.807) is 0 Å². The van der Waals surface area contributed by atoms with Gasteiger partial charge in [0.05, 0.1) is 39.6 Å². The standard InChI is InChI=1S/C57H62O31/c1-76-33-12-23(4-8-29(33)61)5-10-41(65)79-21-39-47(71)50(74)54(88-57-53(49(73)45(69)37(20-58)84-57)87-42(66)11-6-24-13-34(77-2)44(68)35(14-24)78-3)56(86-39)83-36-18-27-31(81-52(36)25-7-9-28(60)30(62)15-25)16-26(59)17-32(27)82-55-51(75)48(72)46(70)38(85-55)22-80-43(67)19-40(63)64/h4-18,37-39,45-62,68-75H,19-22H2,1-3H3,(H,63,64)/p+1. The van der Waals surface area contributed by atoms with Crippen LogP contribution in [-0.2, 0) is 57.1 Å². The number of aliphatic hydroxyl groups excluding tert-OH is 8. The first-order valence-electron chi connectivity index (χ1n) is 26.5. The molecule has 8 rings (SSSR count). The molecule has 31 nitrogen and oxygen atoms in total. The molecule has 4 aliphatic rings. The Bertz CT molecular complexity index is 3230. The van der Waals surface area contributed by atoms with E-state index in [9.17, 15) is 85.6 Å². The van der Waals surface area contributed by atoms with Gasteiger partial charge in [0, 0.05) is 24.3 Å². The first kappa shape index (κ1) is 65.3. The second-order valence-corrected chi connectivity index (χ2v) is 19.9. The van der Waals surface area contributed by atoms with Crippen LogP contribution in [-0.4, -0.2) is 233 Å². The minimum absolute atomic E-state index is 0.0292. The number of rotatable bonds is 22. The molecule has 0 radical (unpaired) electrons. The summed E-state index contributed by atoms with van der Waals surface area (Å²) in [5, 5.41) is 151. The number of hydrogen-bond donors (Lipinski definition) is 14. The van der Waals surface area contributed by atoms with Crippen LogP contribution in [0.5, 0.6) is 57.5 Å². The van der Waals surface area contributed by atoms with Gasteiger partial charge in [-0.1, -0.05) is 6.07 Å². The van der Waals surface area contributed by atoms with Gasteiger partial charge in [-0.25, -0.2) is 9.59 Å². The van der Waals surface area contributed by atoms with Crippen molar-refractivity contribution in [1.82, 2.24) is 0 Å². The number of ether oxygens (including phenoxy) is 13. The molecule has 0 saturated carbocycles. The molecule has 0 aromatic heterocycles. The Balaban J connectivity index is 1.16. The number of phenols is 5. The lowest BCUT2D eigenvalue weighted by Crippen LogP contribution is -2.65. The van der Waals surface area contributed by atoms with Crippen LogP contribution in [0, 0.1) is 0 Å². The Morgan fingerprint density at radius 2 is 1.16 bits per heavy atom. The number of methoxy groups -OCH3 is 3. The SMILES string of the molecule is COc1cc(C=CC(=O)OCC2OC(OC3=Cc4c(OC5OC(COC(=O)CC(=O)O)C(O)C(O)C5O)cc(O)cc4[OH+]C3c3ccc(O)c(O)c3)C(OC3OC(CO)C(O)C(O)C3OC(=O)C=Cc3cc(OC)c(O)c(OC)c3)C(O)C2O)ccc1O. The molecule has 88 heavy (non-hydrogen) atoms.